The highest BCUT2D eigenvalue weighted by Crippen LogP contribution is 2.16. The Bertz CT molecular complexity index is 339. The molecule has 1 atom stereocenters. The molecule has 1 aromatic rings. The maximum absolute atomic E-state index is 10.8. The van der Waals surface area contributed by atoms with Gasteiger partial charge < -0.3 is 11.1 Å². The summed E-state index contributed by atoms with van der Waals surface area (Å²) in [6.45, 7) is 2.69. The summed E-state index contributed by atoms with van der Waals surface area (Å²) in [6, 6.07) is 5.85. The van der Waals surface area contributed by atoms with Crippen molar-refractivity contribution in [1.29, 1.82) is 0 Å². The van der Waals surface area contributed by atoms with Crippen molar-refractivity contribution < 1.29 is 4.21 Å². The second-order valence-electron chi connectivity index (χ2n) is 3.28. The lowest BCUT2D eigenvalue weighted by Crippen LogP contribution is -2.09. The van der Waals surface area contributed by atoms with Gasteiger partial charge in [0.2, 0.25) is 0 Å². The van der Waals surface area contributed by atoms with Crippen LogP contribution in [0.4, 0.5) is 11.4 Å². The van der Waals surface area contributed by atoms with Gasteiger partial charge in [0.1, 0.15) is 0 Å². The van der Waals surface area contributed by atoms with Gasteiger partial charge >= 0.3 is 0 Å². The van der Waals surface area contributed by atoms with E-state index in [9.17, 15) is 4.21 Å². The molecule has 0 amide bonds. The van der Waals surface area contributed by atoms with E-state index in [4.69, 9.17) is 5.73 Å². The van der Waals surface area contributed by atoms with Crippen LogP contribution in [0.3, 0.4) is 0 Å². The molecule has 0 fully saturated rings. The highest BCUT2D eigenvalue weighted by molar-refractivity contribution is 7.84. The Labute approximate surface area is 87.2 Å². The third-order valence-electron chi connectivity index (χ3n) is 2.00. The molecule has 0 spiro atoms. The van der Waals surface area contributed by atoms with Gasteiger partial charge in [-0.1, -0.05) is 6.07 Å². The molecule has 1 unspecified atom stereocenters. The molecule has 0 heterocycles. The number of nitrogens with two attached hydrogens (primary N) is 1. The summed E-state index contributed by atoms with van der Waals surface area (Å²) in [6.07, 6.45) is 1.70. The maximum atomic E-state index is 10.8. The first-order valence-electron chi connectivity index (χ1n) is 4.49. The van der Waals surface area contributed by atoms with Crippen LogP contribution in [0, 0.1) is 6.92 Å². The van der Waals surface area contributed by atoms with E-state index in [2.05, 4.69) is 5.32 Å². The first-order chi connectivity index (χ1) is 6.59. The zero-order chi connectivity index (χ0) is 10.6. The molecular formula is C10H16N2OS. The fourth-order valence-corrected chi connectivity index (χ4v) is 1.48. The second kappa shape index (κ2) is 5.00. The van der Waals surface area contributed by atoms with Crippen LogP contribution in [0.2, 0.25) is 0 Å². The van der Waals surface area contributed by atoms with Crippen LogP contribution in [0.15, 0.2) is 18.2 Å². The molecule has 0 aliphatic carbocycles. The summed E-state index contributed by atoms with van der Waals surface area (Å²) in [7, 11) is -0.743. The van der Waals surface area contributed by atoms with Crippen LogP contribution in [0.25, 0.3) is 0 Å². The number of hydrogen-bond donors (Lipinski definition) is 2. The summed E-state index contributed by atoms with van der Waals surface area (Å²) >= 11 is 0. The van der Waals surface area contributed by atoms with E-state index in [0.29, 0.717) is 12.3 Å². The highest BCUT2D eigenvalue weighted by Gasteiger charge is 1.96. The Hall–Kier alpha value is -1.03. The monoisotopic (exact) mass is 212 g/mol. The molecular weight excluding hydrogens is 196 g/mol. The number of anilines is 2. The smallest absolute Gasteiger partial charge is 0.0405 e. The van der Waals surface area contributed by atoms with Gasteiger partial charge in [0.15, 0.2) is 0 Å². The molecule has 0 saturated heterocycles. The van der Waals surface area contributed by atoms with Gasteiger partial charge in [-0.3, -0.25) is 4.21 Å². The first kappa shape index (κ1) is 11.0. The average Bonchev–Trinajstić information content (AvgIpc) is 2.10. The van der Waals surface area contributed by atoms with E-state index in [1.165, 1.54) is 0 Å². The van der Waals surface area contributed by atoms with Crippen molar-refractivity contribution in [2.75, 3.05) is 29.6 Å². The zero-order valence-corrected chi connectivity index (χ0v) is 9.36. The van der Waals surface area contributed by atoms with E-state index in [0.717, 1.165) is 16.9 Å². The molecule has 0 radical (unpaired) electrons. The average molecular weight is 212 g/mol. The van der Waals surface area contributed by atoms with E-state index in [1.807, 2.05) is 25.1 Å². The van der Waals surface area contributed by atoms with E-state index in [-0.39, 0.29) is 0 Å². The fourth-order valence-electron chi connectivity index (χ4n) is 1.09. The van der Waals surface area contributed by atoms with Gasteiger partial charge in [-0.2, -0.15) is 0 Å². The van der Waals surface area contributed by atoms with Crippen molar-refractivity contribution in [2.24, 2.45) is 0 Å². The number of nitrogen functional groups attached to an aromatic ring is 1. The largest absolute Gasteiger partial charge is 0.398 e. The molecule has 78 valence electrons. The Kier molecular flexibility index (Phi) is 3.95. The molecule has 0 saturated carbocycles. The number of hydrogen-bond acceptors (Lipinski definition) is 3. The topological polar surface area (TPSA) is 55.1 Å². The third kappa shape index (κ3) is 3.38. The van der Waals surface area contributed by atoms with Crippen LogP contribution in [-0.2, 0) is 10.8 Å². The standard InChI is InChI=1S/C10H16N2OS/c1-8-3-4-9(7-10(8)11)12-5-6-14(2)13/h3-4,7,12H,5-6,11H2,1-2H3. The minimum atomic E-state index is -0.743. The molecule has 3 N–H and O–H groups in total. The zero-order valence-electron chi connectivity index (χ0n) is 8.54. The molecule has 0 aromatic heterocycles. The van der Waals surface area contributed by atoms with Crippen LogP contribution >= 0.6 is 0 Å². The molecule has 0 aliphatic rings. The summed E-state index contributed by atoms with van der Waals surface area (Å²) in [5.41, 5.74) is 8.60. The van der Waals surface area contributed by atoms with Gasteiger partial charge in [0.05, 0.1) is 0 Å². The fraction of sp³-hybridized carbons (Fsp3) is 0.400. The number of benzene rings is 1. The van der Waals surface area contributed by atoms with Crippen molar-refractivity contribution in [3.8, 4) is 0 Å². The summed E-state index contributed by atoms with van der Waals surface area (Å²) in [5, 5.41) is 3.17. The first-order valence-corrected chi connectivity index (χ1v) is 6.22. The molecule has 0 aliphatic heterocycles. The van der Waals surface area contributed by atoms with Gasteiger partial charge in [-0.05, 0) is 24.6 Å². The minimum Gasteiger partial charge on any atom is -0.398 e. The molecule has 0 bridgehead atoms. The quantitative estimate of drug-likeness (QED) is 0.741. The van der Waals surface area contributed by atoms with Gasteiger partial charge in [-0.15, -0.1) is 0 Å². The second-order valence-corrected chi connectivity index (χ2v) is 4.83. The molecule has 3 nitrogen and oxygen atoms in total. The lowest BCUT2D eigenvalue weighted by atomic mass is 10.2. The minimum absolute atomic E-state index is 0.660. The van der Waals surface area contributed by atoms with Crippen LogP contribution < -0.4 is 11.1 Å². The maximum Gasteiger partial charge on any atom is 0.0405 e. The SMILES string of the molecule is Cc1ccc(NCCS(C)=O)cc1N. The van der Waals surface area contributed by atoms with Gasteiger partial charge in [0, 0.05) is 40.7 Å². The van der Waals surface area contributed by atoms with E-state index in [1.54, 1.807) is 6.26 Å². The highest BCUT2D eigenvalue weighted by atomic mass is 32.2. The number of rotatable bonds is 4. The summed E-state index contributed by atoms with van der Waals surface area (Å²) < 4.78 is 10.8. The number of nitrogens with one attached hydrogen (secondary N) is 1. The third-order valence-corrected chi connectivity index (χ3v) is 2.78. The molecule has 1 rings (SSSR count). The van der Waals surface area contributed by atoms with Crippen molar-refractivity contribution in [1.82, 2.24) is 0 Å². The van der Waals surface area contributed by atoms with Gasteiger partial charge in [0.25, 0.3) is 0 Å². The van der Waals surface area contributed by atoms with Crippen molar-refractivity contribution in [3.05, 3.63) is 23.8 Å². The normalized spacial score (nSPS) is 12.4. The molecule has 1 aromatic carbocycles. The van der Waals surface area contributed by atoms with Crippen LogP contribution in [0.1, 0.15) is 5.56 Å². The molecule has 4 heteroatoms. The Morgan fingerprint density at radius 1 is 1.50 bits per heavy atom. The Morgan fingerprint density at radius 3 is 2.79 bits per heavy atom. The van der Waals surface area contributed by atoms with E-state index >= 15 is 0 Å². The van der Waals surface area contributed by atoms with Crippen LogP contribution in [0.5, 0.6) is 0 Å². The van der Waals surface area contributed by atoms with Crippen molar-refractivity contribution >= 4 is 22.2 Å². The lowest BCUT2D eigenvalue weighted by Gasteiger charge is -2.07. The predicted octanol–water partition coefficient (Wildman–Crippen LogP) is 1.37. The Balaban J connectivity index is 2.51. The predicted molar refractivity (Wildman–Crippen MR) is 63.0 cm³/mol. The Morgan fingerprint density at radius 2 is 2.21 bits per heavy atom. The number of aryl methyl sites for hydroxylation is 1. The van der Waals surface area contributed by atoms with Crippen LogP contribution in [-0.4, -0.2) is 22.8 Å². The van der Waals surface area contributed by atoms with Crippen molar-refractivity contribution in [2.45, 2.75) is 6.92 Å². The van der Waals surface area contributed by atoms with Crippen molar-refractivity contribution in [3.63, 3.8) is 0 Å². The van der Waals surface area contributed by atoms with Gasteiger partial charge in [-0.25, -0.2) is 0 Å². The molecule has 14 heavy (non-hydrogen) atoms. The van der Waals surface area contributed by atoms with E-state index < -0.39 is 10.8 Å². The summed E-state index contributed by atoms with van der Waals surface area (Å²) in [4.78, 5) is 0. The lowest BCUT2D eigenvalue weighted by molar-refractivity contribution is 0.687. The summed E-state index contributed by atoms with van der Waals surface area (Å²) in [5.74, 6) is 0.660.